The molecule has 4 nitrogen and oxygen atoms in total. The second kappa shape index (κ2) is 13.4. The first-order valence-electron chi connectivity index (χ1n) is 7.45. The Labute approximate surface area is 116 Å². The van der Waals surface area contributed by atoms with Gasteiger partial charge in [-0.2, -0.15) is 0 Å². The monoisotopic (exact) mass is 272 g/mol. The summed E-state index contributed by atoms with van der Waals surface area (Å²) in [5, 5.41) is 0. The Morgan fingerprint density at radius 1 is 0.789 bits per heavy atom. The first-order valence-corrected chi connectivity index (χ1v) is 7.45. The number of esters is 2. The molecule has 0 radical (unpaired) electrons. The van der Waals surface area contributed by atoms with Crippen LogP contribution in [0, 0.1) is 0 Å². The molecule has 0 aromatic heterocycles. The summed E-state index contributed by atoms with van der Waals surface area (Å²) in [5.41, 5.74) is 0. The fraction of sp³-hybridized carbons (Fsp3) is 0.867. The second-order valence-corrected chi connectivity index (χ2v) is 4.83. The van der Waals surface area contributed by atoms with Crippen LogP contribution in [0.5, 0.6) is 0 Å². The van der Waals surface area contributed by atoms with Crippen molar-refractivity contribution < 1.29 is 19.1 Å². The van der Waals surface area contributed by atoms with Crippen molar-refractivity contribution in [2.24, 2.45) is 0 Å². The maximum absolute atomic E-state index is 11.1. The van der Waals surface area contributed by atoms with Crippen LogP contribution in [0.15, 0.2) is 0 Å². The van der Waals surface area contributed by atoms with Crippen molar-refractivity contribution in [1.29, 1.82) is 0 Å². The maximum Gasteiger partial charge on any atom is 0.344 e. The predicted molar refractivity (Wildman–Crippen MR) is 74.8 cm³/mol. The molecule has 112 valence electrons. The Morgan fingerprint density at radius 3 is 1.84 bits per heavy atom. The lowest BCUT2D eigenvalue weighted by Crippen LogP contribution is -2.15. The van der Waals surface area contributed by atoms with Crippen LogP contribution in [0.2, 0.25) is 0 Å². The van der Waals surface area contributed by atoms with Gasteiger partial charge in [-0.25, -0.2) is 4.79 Å². The van der Waals surface area contributed by atoms with E-state index < -0.39 is 11.9 Å². The molecule has 0 spiro atoms. The number of hydrogen-bond donors (Lipinski definition) is 0. The molecule has 4 heteroatoms. The van der Waals surface area contributed by atoms with Gasteiger partial charge >= 0.3 is 11.9 Å². The standard InChI is InChI=1S/C15H28O4/c1-3-4-5-6-7-8-9-10-11-12-18-15(17)13-19-14(2)16/h3-13H2,1-2H3. The topological polar surface area (TPSA) is 52.6 Å². The zero-order chi connectivity index (χ0) is 14.3. The maximum atomic E-state index is 11.1. The smallest absolute Gasteiger partial charge is 0.344 e. The molecule has 0 aliphatic carbocycles. The molecule has 0 aromatic rings. The van der Waals surface area contributed by atoms with Gasteiger partial charge in [0.2, 0.25) is 0 Å². The summed E-state index contributed by atoms with van der Waals surface area (Å²) in [7, 11) is 0. The minimum absolute atomic E-state index is 0.271. The highest BCUT2D eigenvalue weighted by atomic mass is 16.6. The number of carbonyl (C=O) groups excluding carboxylic acids is 2. The highest BCUT2D eigenvalue weighted by molar-refractivity contribution is 5.75. The van der Waals surface area contributed by atoms with Crippen molar-refractivity contribution in [3.63, 3.8) is 0 Å². The Hall–Kier alpha value is -1.06. The second-order valence-electron chi connectivity index (χ2n) is 4.83. The van der Waals surface area contributed by atoms with Crippen LogP contribution in [0.1, 0.15) is 71.6 Å². The average molecular weight is 272 g/mol. The Balaban J connectivity index is 3.13. The number of hydrogen-bond acceptors (Lipinski definition) is 4. The molecule has 0 atom stereocenters. The van der Waals surface area contributed by atoms with Crippen LogP contribution >= 0.6 is 0 Å². The van der Waals surface area contributed by atoms with Crippen LogP contribution in [0.25, 0.3) is 0 Å². The molecule has 0 N–H and O–H groups in total. The summed E-state index contributed by atoms with van der Waals surface area (Å²) >= 11 is 0. The summed E-state index contributed by atoms with van der Waals surface area (Å²) in [5.74, 6) is -0.921. The molecule has 0 heterocycles. The van der Waals surface area contributed by atoms with E-state index in [9.17, 15) is 9.59 Å². The van der Waals surface area contributed by atoms with E-state index in [1.54, 1.807) is 0 Å². The van der Waals surface area contributed by atoms with Crippen molar-refractivity contribution in [1.82, 2.24) is 0 Å². The fourth-order valence-electron chi connectivity index (χ4n) is 1.80. The van der Waals surface area contributed by atoms with Crippen LogP contribution in [0.4, 0.5) is 0 Å². The van der Waals surface area contributed by atoms with Crippen molar-refractivity contribution in [3.05, 3.63) is 0 Å². The van der Waals surface area contributed by atoms with E-state index in [4.69, 9.17) is 4.74 Å². The van der Waals surface area contributed by atoms with E-state index in [2.05, 4.69) is 11.7 Å². The van der Waals surface area contributed by atoms with Crippen LogP contribution < -0.4 is 0 Å². The lowest BCUT2D eigenvalue weighted by atomic mass is 10.1. The zero-order valence-electron chi connectivity index (χ0n) is 12.4. The van der Waals surface area contributed by atoms with E-state index in [0.29, 0.717) is 6.61 Å². The van der Waals surface area contributed by atoms with Gasteiger partial charge in [-0.1, -0.05) is 58.3 Å². The number of carbonyl (C=O) groups is 2. The molecular formula is C15H28O4. The number of rotatable bonds is 12. The lowest BCUT2D eigenvalue weighted by molar-refractivity contribution is -0.157. The van der Waals surface area contributed by atoms with E-state index in [0.717, 1.165) is 12.8 Å². The van der Waals surface area contributed by atoms with Crippen molar-refractivity contribution in [2.75, 3.05) is 13.2 Å². The van der Waals surface area contributed by atoms with Gasteiger partial charge in [0.25, 0.3) is 0 Å². The van der Waals surface area contributed by atoms with Crippen LogP contribution in [-0.2, 0) is 19.1 Å². The summed E-state index contributed by atoms with van der Waals surface area (Å²) in [6.07, 6.45) is 11.1. The van der Waals surface area contributed by atoms with Gasteiger partial charge in [-0.3, -0.25) is 4.79 Å². The Kier molecular flexibility index (Phi) is 12.6. The van der Waals surface area contributed by atoms with Gasteiger partial charge in [-0.15, -0.1) is 0 Å². The molecule has 0 bridgehead atoms. The fourth-order valence-corrected chi connectivity index (χ4v) is 1.80. The van der Waals surface area contributed by atoms with E-state index in [1.807, 2.05) is 0 Å². The third-order valence-corrected chi connectivity index (χ3v) is 2.90. The molecule has 0 rings (SSSR count). The summed E-state index contributed by atoms with van der Waals surface area (Å²) in [4.78, 5) is 21.5. The average Bonchev–Trinajstić information content (AvgIpc) is 2.38. The highest BCUT2D eigenvalue weighted by Gasteiger charge is 2.04. The largest absolute Gasteiger partial charge is 0.463 e. The zero-order valence-corrected chi connectivity index (χ0v) is 12.4. The molecule has 0 aliphatic heterocycles. The van der Waals surface area contributed by atoms with Gasteiger partial charge in [-0.05, 0) is 6.42 Å². The SMILES string of the molecule is CCCCCCCCCCCOC(=O)COC(C)=O. The van der Waals surface area contributed by atoms with E-state index in [-0.39, 0.29) is 6.61 Å². The lowest BCUT2D eigenvalue weighted by Gasteiger charge is -2.05. The summed E-state index contributed by atoms with van der Waals surface area (Å²) in [6.45, 7) is 3.65. The summed E-state index contributed by atoms with van der Waals surface area (Å²) in [6, 6.07) is 0. The van der Waals surface area contributed by atoms with Gasteiger partial charge in [0.05, 0.1) is 6.61 Å². The number of unbranched alkanes of at least 4 members (excludes halogenated alkanes) is 8. The van der Waals surface area contributed by atoms with Gasteiger partial charge < -0.3 is 9.47 Å². The highest BCUT2D eigenvalue weighted by Crippen LogP contribution is 2.09. The first-order chi connectivity index (χ1) is 9.16. The van der Waals surface area contributed by atoms with E-state index in [1.165, 1.54) is 51.9 Å². The van der Waals surface area contributed by atoms with E-state index >= 15 is 0 Å². The third kappa shape index (κ3) is 14.9. The molecule has 0 aromatic carbocycles. The molecule has 0 saturated heterocycles. The first kappa shape index (κ1) is 17.9. The number of ether oxygens (including phenoxy) is 2. The van der Waals surface area contributed by atoms with Crippen LogP contribution in [0.3, 0.4) is 0 Å². The molecule has 0 fully saturated rings. The molecule has 0 unspecified atom stereocenters. The normalized spacial score (nSPS) is 10.2. The third-order valence-electron chi connectivity index (χ3n) is 2.90. The predicted octanol–water partition coefficient (Wildman–Crippen LogP) is 3.62. The van der Waals surface area contributed by atoms with Gasteiger partial charge in [0.1, 0.15) is 0 Å². The van der Waals surface area contributed by atoms with Gasteiger partial charge in [0, 0.05) is 6.92 Å². The minimum Gasteiger partial charge on any atom is -0.463 e. The molecule has 19 heavy (non-hydrogen) atoms. The minimum atomic E-state index is -0.463. The molecule has 0 saturated carbocycles. The van der Waals surface area contributed by atoms with Crippen LogP contribution in [-0.4, -0.2) is 25.2 Å². The Bertz CT molecular complexity index is 238. The van der Waals surface area contributed by atoms with Crippen molar-refractivity contribution in [2.45, 2.75) is 71.6 Å². The van der Waals surface area contributed by atoms with Gasteiger partial charge in [0.15, 0.2) is 6.61 Å². The van der Waals surface area contributed by atoms with Crippen molar-refractivity contribution in [3.8, 4) is 0 Å². The molecular weight excluding hydrogens is 244 g/mol. The summed E-state index contributed by atoms with van der Waals surface area (Å²) < 4.78 is 9.47. The molecule has 0 amide bonds. The molecule has 0 aliphatic rings. The quantitative estimate of drug-likeness (QED) is 0.402. The Morgan fingerprint density at radius 2 is 1.32 bits per heavy atom. The van der Waals surface area contributed by atoms with Crippen molar-refractivity contribution >= 4 is 11.9 Å².